The second-order valence-corrected chi connectivity index (χ2v) is 5.57. The minimum absolute atomic E-state index is 0.412. The van der Waals surface area contributed by atoms with Gasteiger partial charge >= 0.3 is 5.97 Å². The van der Waals surface area contributed by atoms with E-state index < -0.39 is 11.5 Å². The molecule has 0 amide bonds. The van der Waals surface area contributed by atoms with Gasteiger partial charge in [0, 0.05) is 5.02 Å². The number of para-hydroxylation sites is 1. The van der Waals surface area contributed by atoms with Gasteiger partial charge in [0.1, 0.15) is 0 Å². The van der Waals surface area contributed by atoms with Crippen LogP contribution in [0, 0.1) is 0 Å². The number of carbonyl (C=O) groups excluding carboxylic acids is 1. The summed E-state index contributed by atoms with van der Waals surface area (Å²) in [7, 11) is 1.35. The topological polar surface area (TPSA) is 38.3 Å². The fourth-order valence-corrected chi connectivity index (χ4v) is 2.37. The van der Waals surface area contributed by atoms with Crippen LogP contribution in [0.15, 0.2) is 48.5 Å². The summed E-state index contributed by atoms with van der Waals surface area (Å²) in [6.45, 7) is 1.74. The van der Waals surface area contributed by atoms with Gasteiger partial charge in [-0.2, -0.15) is 0 Å². The fraction of sp³-hybridized carbons (Fsp3) is 0.188. The molecule has 0 heterocycles. The second-order valence-electron chi connectivity index (χ2n) is 4.73. The first-order valence-corrected chi connectivity index (χ1v) is 7.10. The zero-order chi connectivity index (χ0) is 15.5. The number of benzene rings is 2. The molecule has 0 aliphatic rings. The Hall–Kier alpha value is -1.71. The number of nitrogens with one attached hydrogen (secondary N) is 1. The van der Waals surface area contributed by atoms with Crippen molar-refractivity contribution in [3.8, 4) is 0 Å². The first kappa shape index (κ1) is 15.7. The number of rotatable bonds is 4. The number of hydrogen-bond acceptors (Lipinski definition) is 3. The van der Waals surface area contributed by atoms with Gasteiger partial charge in [0.2, 0.25) is 0 Å². The number of esters is 1. The van der Waals surface area contributed by atoms with Crippen LogP contribution < -0.4 is 5.32 Å². The molecule has 110 valence electrons. The van der Waals surface area contributed by atoms with Gasteiger partial charge in [-0.05, 0) is 36.8 Å². The van der Waals surface area contributed by atoms with Gasteiger partial charge in [-0.15, -0.1) is 0 Å². The van der Waals surface area contributed by atoms with Crippen molar-refractivity contribution >= 4 is 34.9 Å². The first-order chi connectivity index (χ1) is 9.97. The molecule has 0 aliphatic heterocycles. The Morgan fingerprint density at radius 3 is 2.29 bits per heavy atom. The summed E-state index contributed by atoms with van der Waals surface area (Å²) in [5, 5.41) is 4.29. The molecule has 0 aliphatic carbocycles. The lowest BCUT2D eigenvalue weighted by molar-refractivity contribution is -0.145. The summed E-state index contributed by atoms with van der Waals surface area (Å²) in [4.78, 5) is 12.3. The summed E-state index contributed by atoms with van der Waals surface area (Å²) < 4.78 is 4.93. The van der Waals surface area contributed by atoms with E-state index >= 15 is 0 Å². The van der Waals surface area contributed by atoms with Crippen LogP contribution >= 0.6 is 23.2 Å². The van der Waals surface area contributed by atoms with E-state index in [9.17, 15) is 4.79 Å². The smallest absolute Gasteiger partial charge is 0.335 e. The van der Waals surface area contributed by atoms with Crippen molar-refractivity contribution in [2.45, 2.75) is 12.5 Å². The zero-order valence-corrected chi connectivity index (χ0v) is 13.2. The average Bonchev–Trinajstić information content (AvgIpc) is 2.49. The third-order valence-electron chi connectivity index (χ3n) is 3.27. The second kappa shape index (κ2) is 6.37. The number of hydrogen-bond donors (Lipinski definition) is 1. The lowest BCUT2D eigenvalue weighted by Crippen LogP contribution is -2.41. The zero-order valence-electron chi connectivity index (χ0n) is 11.7. The van der Waals surface area contributed by atoms with E-state index in [1.807, 2.05) is 12.1 Å². The van der Waals surface area contributed by atoms with Crippen molar-refractivity contribution in [3.63, 3.8) is 0 Å². The molecular formula is C16H15Cl2NO2. The van der Waals surface area contributed by atoms with Crippen LogP contribution in [0.2, 0.25) is 10.0 Å². The highest BCUT2D eigenvalue weighted by molar-refractivity contribution is 6.33. The molecule has 0 radical (unpaired) electrons. The van der Waals surface area contributed by atoms with Gasteiger partial charge in [-0.1, -0.05) is 47.5 Å². The molecule has 1 unspecified atom stereocenters. The van der Waals surface area contributed by atoms with E-state index in [4.69, 9.17) is 27.9 Å². The monoisotopic (exact) mass is 323 g/mol. The molecule has 0 fully saturated rings. The van der Waals surface area contributed by atoms with E-state index in [0.717, 1.165) is 5.56 Å². The molecule has 3 nitrogen and oxygen atoms in total. The summed E-state index contributed by atoms with van der Waals surface area (Å²) in [6.07, 6.45) is 0. The third kappa shape index (κ3) is 3.31. The largest absolute Gasteiger partial charge is 0.467 e. The maximum atomic E-state index is 12.3. The Labute approximate surface area is 133 Å². The average molecular weight is 324 g/mol. The molecule has 2 aromatic carbocycles. The molecule has 2 rings (SSSR count). The predicted molar refractivity (Wildman–Crippen MR) is 85.9 cm³/mol. The van der Waals surface area contributed by atoms with Crippen LogP contribution in [0.3, 0.4) is 0 Å². The molecule has 21 heavy (non-hydrogen) atoms. The Kier molecular flexibility index (Phi) is 4.76. The Balaban J connectivity index is 2.45. The van der Waals surface area contributed by atoms with Crippen molar-refractivity contribution in [2.75, 3.05) is 12.4 Å². The lowest BCUT2D eigenvalue weighted by atomic mass is 9.91. The van der Waals surface area contributed by atoms with Crippen LogP contribution in [0.5, 0.6) is 0 Å². The highest BCUT2D eigenvalue weighted by Gasteiger charge is 2.36. The highest BCUT2D eigenvalue weighted by Crippen LogP contribution is 2.31. The molecule has 5 heteroatoms. The van der Waals surface area contributed by atoms with Gasteiger partial charge < -0.3 is 10.1 Å². The van der Waals surface area contributed by atoms with E-state index in [0.29, 0.717) is 15.7 Å². The molecule has 0 bridgehead atoms. The van der Waals surface area contributed by atoms with E-state index in [2.05, 4.69) is 5.32 Å². The van der Waals surface area contributed by atoms with Crippen molar-refractivity contribution in [1.29, 1.82) is 0 Å². The summed E-state index contributed by atoms with van der Waals surface area (Å²) in [5.74, 6) is -0.412. The maximum Gasteiger partial charge on any atom is 0.335 e. The van der Waals surface area contributed by atoms with Crippen LogP contribution in [-0.4, -0.2) is 13.1 Å². The van der Waals surface area contributed by atoms with Crippen LogP contribution in [-0.2, 0) is 15.1 Å². The molecule has 1 N–H and O–H groups in total. The molecule has 2 aromatic rings. The predicted octanol–water partition coefficient (Wildman–Crippen LogP) is 4.49. The third-order valence-corrected chi connectivity index (χ3v) is 3.86. The standard InChI is InChI=1S/C16H15Cl2NO2/c1-16(15(20)21-2,11-7-9-12(17)10-8-11)19-14-6-4-3-5-13(14)18/h3-10,19H,1-2H3. The maximum absolute atomic E-state index is 12.3. The minimum Gasteiger partial charge on any atom is -0.467 e. The van der Waals surface area contributed by atoms with Crippen molar-refractivity contribution in [2.24, 2.45) is 0 Å². The van der Waals surface area contributed by atoms with Crippen LogP contribution in [0.1, 0.15) is 12.5 Å². The van der Waals surface area contributed by atoms with Gasteiger partial charge in [0.25, 0.3) is 0 Å². The van der Waals surface area contributed by atoms with Gasteiger partial charge in [0.05, 0.1) is 17.8 Å². The van der Waals surface area contributed by atoms with Crippen LogP contribution in [0.25, 0.3) is 0 Å². The number of methoxy groups -OCH3 is 1. The Bertz CT molecular complexity index is 643. The SMILES string of the molecule is COC(=O)C(C)(Nc1ccccc1Cl)c1ccc(Cl)cc1. The number of carbonyl (C=O) groups is 1. The lowest BCUT2D eigenvalue weighted by Gasteiger charge is -2.30. The Morgan fingerprint density at radius 1 is 1.10 bits per heavy atom. The van der Waals surface area contributed by atoms with Gasteiger partial charge in [-0.25, -0.2) is 4.79 Å². The van der Waals surface area contributed by atoms with E-state index in [1.165, 1.54) is 7.11 Å². The quantitative estimate of drug-likeness (QED) is 0.842. The molecule has 0 saturated heterocycles. The summed E-state index contributed by atoms with van der Waals surface area (Å²) in [6, 6.07) is 14.2. The molecule has 0 aromatic heterocycles. The summed E-state index contributed by atoms with van der Waals surface area (Å²) >= 11 is 12.1. The highest BCUT2D eigenvalue weighted by atomic mass is 35.5. The van der Waals surface area contributed by atoms with E-state index in [1.54, 1.807) is 43.3 Å². The normalized spacial score (nSPS) is 13.3. The van der Waals surface area contributed by atoms with E-state index in [-0.39, 0.29) is 0 Å². The van der Waals surface area contributed by atoms with Crippen molar-refractivity contribution in [1.82, 2.24) is 0 Å². The van der Waals surface area contributed by atoms with Crippen molar-refractivity contribution in [3.05, 3.63) is 64.1 Å². The molecular weight excluding hydrogens is 309 g/mol. The van der Waals surface area contributed by atoms with Gasteiger partial charge in [0.15, 0.2) is 5.54 Å². The molecule has 0 saturated carbocycles. The number of halogens is 2. The minimum atomic E-state index is -1.07. The van der Waals surface area contributed by atoms with Gasteiger partial charge in [-0.3, -0.25) is 0 Å². The first-order valence-electron chi connectivity index (χ1n) is 6.34. The number of ether oxygens (including phenoxy) is 1. The molecule has 0 spiro atoms. The molecule has 1 atom stereocenters. The summed E-state index contributed by atoms with van der Waals surface area (Å²) in [5.41, 5.74) is 0.324. The fourth-order valence-electron chi connectivity index (χ4n) is 2.06. The van der Waals surface area contributed by atoms with Crippen molar-refractivity contribution < 1.29 is 9.53 Å². The Morgan fingerprint density at radius 2 is 1.71 bits per heavy atom. The number of anilines is 1. The van der Waals surface area contributed by atoms with Crippen LogP contribution in [0.4, 0.5) is 5.69 Å².